The fourth-order valence-corrected chi connectivity index (χ4v) is 2.60. The first-order chi connectivity index (χ1) is 8.97. The highest BCUT2D eigenvalue weighted by Gasteiger charge is 2.26. The average Bonchev–Trinajstić information content (AvgIpc) is 2.39. The van der Waals surface area contributed by atoms with E-state index in [-0.39, 0.29) is 5.54 Å². The summed E-state index contributed by atoms with van der Waals surface area (Å²) in [7, 11) is 0. The quantitative estimate of drug-likeness (QED) is 0.795. The van der Waals surface area contributed by atoms with Gasteiger partial charge in [-0.2, -0.15) is 0 Å². The number of benzene rings is 1. The van der Waals surface area contributed by atoms with E-state index in [4.69, 9.17) is 12.2 Å². The molecule has 1 aromatic carbocycles. The fraction of sp³-hybridized carbons (Fsp3) is 0.533. The van der Waals surface area contributed by atoms with Crippen LogP contribution in [0.4, 0.5) is 5.69 Å². The predicted octanol–water partition coefficient (Wildman–Crippen LogP) is 2.80. The Morgan fingerprint density at radius 3 is 2.16 bits per heavy atom. The van der Waals surface area contributed by atoms with Gasteiger partial charge >= 0.3 is 0 Å². The summed E-state index contributed by atoms with van der Waals surface area (Å²) in [6, 6.07) is 10.1. The third kappa shape index (κ3) is 3.91. The second-order valence-electron chi connectivity index (χ2n) is 5.94. The molecule has 0 unspecified atom stereocenters. The van der Waals surface area contributed by atoms with Crippen LogP contribution in [-0.2, 0) is 0 Å². The molecule has 1 heterocycles. The van der Waals surface area contributed by atoms with Crippen molar-refractivity contribution in [3.8, 4) is 0 Å². The van der Waals surface area contributed by atoms with Crippen molar-refractivity contribution >= 4 is 23.0 Å². The van der Waals surface area contributed by atoms with Crippen LogP contribution in [0.5, 0.6) is 0 Å². The van der Waals surface area contributed by atoms with Crippen molar-refractivity contribution in [3.63, 3.8) is 0 Å². The maximum absolute atomic E-state index is 5.48. The fourth-order valence-electron chi connectivity index (χ4n) is 2.30. The summed E-state index contributed by atoms with van der Waals surface area (Å²) in [6.45, 7) is 10.9. The van der Waals surface area contributed by atoms with Crippen molar-refractivity contribution in [3.05, 3.63) is 30.3 Å². The van der Waals surface area contributed by atoms with Crippen LogP contribution in [0.25, 0.3) is 0 Å². The van der Waals surface area contributed by atoms with Gasteiger partial charge in [-0.15, -0.1) is 0 Å². The Morgan fingerprint density at radius 2 is 1.63 bits per heavy atom. The number of nitrogens with zero attached hydrogens (tertiary/aromatic N) is 2. The lowest BCUT2D eigenvalue weighted by atomic mass is 10.1. The van der Waals surface area contributed by atoms with Crippen LogP contribution < -0.4 is 5.32 Å². The third-order valence-corrected chi connectivity index (χ3v) is 3.90. The number of piperazine rings is 1. The Hall–Kier alpha value is -1.13. The normalized spacial score (nSPS) is 17.3. The van der Waals surface area contributed by atoms with E-state index in [1.807, 2.05) is 30.3 Å². The summed E-state index contributed by atoms with van der Waals surface area (Å²) in [5, 5.41) is 4.14. The minimum absolute atomic E-state index is 0.251. The zero-order chi connectivity index (χ0) is 13.9. The molecule has 0 bridgehead atoms. The second-order valence-corrected chi connectivity index (χ2v) is 6.33. The molecule has 0 aromatic heterocycles. The van der Waals surface area contributed by atoms with E-state index in [1.165, 1.54) is 0 Å². The van der Waals surface area contributed by atoms with Crippen molar-refractivity contribution in [2.24, 2.45) is 0 Å². The van der Waals surface area contributed by atoms with Crippen LogP contribution >= 0.6 is 12.2 Å². The highest BCUT2D eigenvalue weighted by atomic mass is 32.1. The minimum atomic E-state index is 0.251. The van der Waals surface area contributed by atoms with Gasteiger partial charge in [0.2, 0.25) is 0 Å². The molecule has 1 N–H and O–H groups in total. The van der Waals surface area contributed by atoms with Crippen LogP contribution in [0.15, 0.2) is 30.3 Å². The Kier molecular flexibility index (Phi) is 4.42. The number of rotatable bonds is 1. The average molecular weight is 277 g/mol. The van der Waals surface area contributed by atoms with E-state index >= 15 is 0 Å². The number of para-hydroxylation sites is 1. The molecule has 4 heteroatoms. The molecular formula is C15H23N3S. The Balaban J connectivity index is 1.86. The standard InChI is InChI=1S/C15H23N3S/c1-15(2,3)18-11-9-17(10-12-18)14(19)16-13-7-5-4-6-8-13/h4-8H,9-12H2,1-3H3,(H,16,19). The topological polar surface area (TPSA) is 18.5 Å². The molecule has 0 atom stereocenters. The number of hydrogen-bond acceptors (Lipinski definition) is 2. The lowest BCUT2D eigenvalue weighted by Gasteiger charge is -2.43. The summed E-state index contributed by atoms with van der Waals surface area (Å²) in [5.74, 6) is 0. The predicted molar refractivity (Wildman–Crippen MR) is 85.6 cm³/mol. The van der Waals surface area contributed by atoms with Gasteiger partial charge in [0.1, 0.15) is 0 Å². The maximum Gasteiger partial charge on any atom is 0.173 e. The lowest BCUT2D eigenvalue weighted by molar-refractivity contribution is 0.0891. The van der Waals surface area contributed by atoms with E-state index in [0.717, 1.165) is 37.0 Å². The Morgan fingerprint density at radius 1 is 1.05 bits per heavy atom. The molecule has 0 saturated carbocycles. The molecule has 0 amide bonds. The van der Waals surface area contributed by atoms with Gasteiger partial charge in [-0.25, -0.2) is 0 Å². The van der Waals surface area contributed by atoms with Crippen molar-refractivity contribution in [2.75, 3.05) is 31.5 Å². The molecule has 19 heavy (non-hydrogen) atoms. The summed E-state index contributed by atoms with van der Waals surface area (Å²) >= 11 is 5.48. The van der Waals surface area contributed by atoms with Gasteiger partial charge in [0.25, 0.3) is 0 Å². The SMILES string of the molecule is CC(C)(C)N1CCN(C(=S)Nc2ccccc2)CC1. The number of thiocarbonyl (C=S) groups is 1. The number of anilines is 1. The molecule has 0 spiro atoms. The van der Waals surface area contributed by atoms with Crippen LogP contribution in [0.2, 0.25) is 0 Å². The van der Waals surface area contributed by atoms with Gasteiger partial charge in [-0.1, -0.05) is 18.2 Å². The summed E-state index contributed by atoms with van der Waals surface area (Å²) in [5.41, 5.74) is 1.31. The lowest BCUT2D eigenvalue weighted by Crippen LogP contribution is -2.55. The molecule has 1 fully saturated rings. The van der Waals surface area contributed by atoms with E-state index in [0.29, 0.717) is 0 Å². The van der Waals surface area contributed by atoms with Crippen LogP contribution in [-0.4, -0.2) is 46.6 Å². The Bertz CT molecular complexity index is 417. The van der Waals surface area contributed by atoms with E-state index in [9.17, 15) is 0 Å². The van der Waals surface area contributed by atoms with E-state index < -0.39 is 0 Å². The molecule has 1 aliphatic rings. The van der Waals surface area contributed by atoms with Crippen LogP contribution in [0.3, 0.4) is 0 Å². The smallest absolute Gasteiger partial charge is 0.173 e. The molecule has 2 rings (SSSR count). The second kappa shape index (κ2) is 5.88. The van der Waals surface area contributed by atoms with E-state index in [1.54, 1.807) is 0 Å². The van der Waals surface area contributed by atoms with Gasteiger partial charge < -0.3 is 10.2 Å². The zero-order valence-electron chi connectivity index (χ0n) is 12.0. The summed E-state index contributed by atoms with van der Waals surface area (Å²) in [4.78, 5) is 4.76. The number of nitrogens with one attached hydrogen (secondary N) is 1. The summed E-state index contributed by atoms with van der Waals surface area (Å²) in [6.07, 6.45) is 0. The summed E-state index contributed by atoms with van der Waals surface area (Å²) < 4.78 is 0. The molecule has 1 aromatic rings. The van der Waals surface area contributed by atoms with Gasteiger partial charge in [0, 0.05) is 37.4 Å². The monoisotopic (exact) mass is 277 g/mol. The van der Waals surface area contributed by atoms with Crippen molar-refractivity contribution in [1.29, 1.82) is 0 Å². The first-order valence-corrected chi connectivity index (χ1v) is 7.24. The number of hydrogen-bond donors (Lipinski definition) is 1. The molecule has 104 valence electrons. The third-order valence-electron chi connectivity index (χ3n) is 3.54. The molecular weight excluding hydrogens is 254 g/mol. The van der Waals surface area contributed by atoms with Crippen LogP contribution in [0.1, 0.15) is 20.8 Å². The minimum Gasteiger partial charge on any atom is -0.346 e. The van der Waals surface area contributed by atoms with Crippen LogP contribution in [0, 0.1) is 0 Å². The highest BCUT2D eigenvalue weighted by molar-refractivity contribution is 7.80. The van der Waals surface area contributed by atoms with E-state index in [2.05, 4.69) is 35.9 Å². The van der Waals surface area contributed by atoms with Gasteiger partial charge in [-0.3, -0.25) is 4.90 Å². The van der Waals surface area contributed by atoms with Crippen molar-refractivity contribution in [2.45, 2.75) is 26.3 Å². The van der Waals surface area contributed by atoms with Gasteiger partial charge in [0.15, 0.2) is 5.11 Å². The zero-order valence-corrected chi connectivity index (χ0v) is 12.8. The highest BCUT2D eigenvalue weighted by Crippen LogP contribution is 2.16. The van der Waals surface area contributed by atoms with Crippen molar-refractivity contribution in [1.82, 2.24) is 9.80 Å². The first kappa shape index (κ1) is 14.3. The van der Waals surface area contributed by atoms with Gasteiger partial charge in [-0.05, 0) is 45.1 Å². The molecule has 0 aliphatic carbocycles. The van der Waals surface area contributed by atoms with Gasteiger partial charge in [0.05, 0.1) is 0 Å². The van der Waals surface area contributed by atoms with Crippen molar-refractivity contribution < 1.29 is 0 Å². The first-order valence-electron chi connectivity index (χ1n) is 6.83. The Labute approximate surface area is 121 Å². The molecule has 1 saturated heterocycles. The molecule has 0 radical (unpaired) electrons. The maximum atomic E-state index is 5.48. The molecule has 1 aliphatic heterocycles. The molecule has 3 nitrogen and oxygen atoms in total. The largest absolute Gasteiger partial charge is 0.346 e.